The van der Waals surface area contributed by atoms with Crippen molar-refractivity contribution in [1.82, 2.24) is 4.98 Å². The largest absolute Gasteiger partial charge is 0.279 e. The van der Waals surface area contributed by atoms with Crippen LogP contribution in [-0.2, 0) is 23.0 Å². The van der Waals surface area contributed by atoms with Gasteiger partial charge in [-0.15, -0.1) is 0 Å². The first-order valence-corrected chi connectivity index (χ1v) is 15.1. The standard InChI is InChI=1S/C31H29N3O3S2/c1-3-23-15-20-28-29(21-23)38-31(32-28)33(22-24-11-7-5-8-12-24)30(35)25-16-18-27(19-17-25)39(36,37)34(4-2)26-13-9-6-10-14-26/h5-21H,3-4,22H2,1-2H3. The highest BCUT2D eigenvalue weighted by Crippen LogP contribution is 2.32. The molecule has 8 heteroatoms. The molecule has 1 amide bonds. The highest BCUT2D eigenvalue weighted by atomic mass is 32.2. The van der Waals surface area contributed by atoms with Gasteiger partial charge in [0, 0.05) is 12.1 Å². The second-order valence-electron chi connectivity index (χ2n) is 9.06. The summed E-state index contributed by atoms with van der Waals surface area (Å²) in [7, 11) is -3.79. The Morgan fingerprint density at radius 3 is 2.13 bits per heavy atom. The second kappa shape index (κ2) is 11.4. The fourth-order valence-electron chi connectivity index (χ4n) is 4.42. The fraction of sp³-hybridized carbons (Fsp3) is 0.161. The monoisotopic (exact) mass is 555 g/mol. The summed E-state index contributed by atoms with van der Waals surface area (Å²) in [5.74, 6) is -0.243. The molecule has 39 heavy (non-hydrogen) atoms. The number of rotatable bonds is 9. The van der Waals surface area contributed by atoms with Crippen LogP contribution in [0.4, 0.5) is 10.8 Å². The molecule has 0 unspecified atom stereocenters. The van der Waals surface area contributed by atoms with Gasteiger partial charge in [0.15, 0.2) is 5.13 Å². The lowest BCUT2D eigenvalue weighted by Gasteiger charge is -2.23. The molecule has 0 aliphatic carbocycles. The van der Waals surface area contributed by atoms with Gasteiger partial charge in [0.1, 0.15) is 0 Å². The van der Waals surface area contributed by atoms with Crippen LogP contribution in [0.25, 0.3) is 10.2 Å². The summed E-state index contributed by atoms with van der Waals surface area (Å²) in [6.45, 7) is 4.54. The molecule has 5 aromatic rings. The van der Waals surface area contributed by atoms with E-state index < -0.39 is 10.0 Å². The molecule has 0 fully saturated rings. The zero-order chi connectivity index (χ0) is 27.4. The second-order valence-corrected chi connectivity index (χ2v) is 11.9. The van der Waals surface area contributed by atoms with E-state index in [1.165, 1.54) is 33.3 Å². The van der Waals surface area contributed by atoms with Gasteiger partial charge in [-0.1, -0.05) is 72.9 Å². The summed E-state index contributed by atoms with van der Waals surface area (Å²) < 4.78 is 29.2. The maximum Gasteiger partial charge on any atom is 0.264 e. The van der Waals surface area contributed by atoms with Crippen LogP contribution in [0.3, 0.4) is 0 Å². The molecule has 5 rings (SSSR count). The number of carbonyl (C=O) groups is 1. The van der Waals surface area contributed by atoms with Crippen molar-refractivity contribution < 1.29 is 13.2 Å². The Morgan fingerprint density at radius 1 is 0.821 bits per heavy atom. The number of para-hydroxylation sites is 1. The third-order valence-electron chi connectivity index (χ3n) is 6.53. The van der Waals surface area contributed by atoms with Crippen LogP contribution in [0, 0.1) is 0 Å². The highest BCUT2D eigenvalue weighted by molar-refractivity contribution is 7.92. The van der Waals surface area contributed by atoms with Crippen LogP contribution >= 0.6 is 11.3 Å². The Bertz CT molecular complexity index is 1680. The van der Waals surface area contributed by atoms with Gasteiger partial charge in [-0.3, -0.25) is 14.0 Å². The van der Waals surface area contributed by atoms with Crippen LogP contribution in [0.15, 0.2) is 108 Å². The molecule has 6 nitrogen and oxygen atoms in total. The number of fused-ring (bicyclic) bond motifs is 1. The maximum absolute atomic E-state index is 13.9. The number of thiazole rings is 1. The first-order valence-electron chi connectivity index (χ1n) is 12.8. The van der Waals surface area contributed by atoms with Gasteiger partial charge in [0.25, 0.3) is 15.9 Å². The molecule has 0 aliphatic heterocycles. The molecule has 0 spiro atoms. The quantitative estimate of drug-likeness (QED) is 0.198. The van der Waals surface area contributed by atoms with Crippen molar-refractivity contribution in [2.24, 2.45) is 0 Å². The summed E-state index contributed by atoms with van der Waals surface area (Å²) in [6, 6.07) is 31.1. The van der Waals surface area contributed by atoms with Gasteiger partial charge in [-0.05, 0) is 73.0 Å². The van der Waals surface area contributed by atoms with E-state index in [2.05, 4.69) is 19.1 Å². The zero-order valence-corrected chi connectivity index (χ0v) is 23.5. The van der Waals surface area contributed by atoms with Crippen molar-refractivity contribution in [3.63, 3.8) is 0 Å². The number of hydrogen-bond acceptors (Lipinski definition) is 5. The topological polar surface area (TPSA) is 70.6 Å². The number of aromatic nitrogens is 1. The van der Waals surface area contributed by atoms with E-state index in [0.717, 1.165) is 22.2 Å². The minimum absolute atomic E-state index is 0.131. The number of carbonyl (C=O) groups excluding carboxylic acids is 1. The van der Waals surface area contributed by atoms with E-state index in [9.17, 15) is 13.2 Å². The first-order chi connectivity index (χ1) is 18.9. The molecule has 1 heterocycles. The Morgan fingerprint density at radius 2 is 1.49 bits per heavy atom. The van der Waals surface area contributed by atoms with Crippen molar-refractivity contribution in [3.05, 3.63) is 120 Å². The van der Waals surface area contributed by atoms with Crippen LogP contribution in [0.2, 0.25) is 0 Å². The Balaban J connectivity index is 1.48. The number of amides is 1. The Labute approximate surface area is 233 Å². The number of benzene rings is 4. The molecule has 0 N–H and O–H groups in total. The van der Waals surface area contributed by atoms with E-state index in [1.54, 1.807) is 36.1 Å². The number of aryl methyl sites for hydroxylation is 1. The van der Waals surface area contributed by atoms with Crippen LogP contribution < -0.4 is 9.21 Å². The number of anilines is 2. The number of sulfonamides is 1. The molecule has 4 aromatic carbocycles. The zero-order valence-electron chi connectivity index (χ0n) is 21.8. The SMILES string of the molecule is CCc1ccc2nc(N(Cc3ccccc3)C(=O)c3ccc(S(=O)(=O)N(CC)c4ccccc4)cc3)sc2c1. The van der Waals surface area contributed by atoms with Gasteiger partial charge in [0.2, 0.25) is 0 Å². The summed E-state index contributed by atoms with van der Waals surface area (Å²) in [6.07, 6.45) is 0.921. The van der Waals surface area contributed by atoms with Crippen LogP contribution in [-0.4, -0.2) is 25.9 Å². The van der Waals surface area contributed by atoms with Gasteiger partial charge in [0.05, 0.1) is 27.3 Å². The van der Waals surface area contributed by atoms with Crippen molar-refractivity contribution in [3.8, 4) is 0 Å². The van der Waals surface area contributed by atoms with Crippen molar-refractivity contribution >= 4 is 48.3 Å². The van der Waals surface area contributed by atoms with Crippen LogP contribution in [0.5, 0.6) is 0 Å². The van der Waals surface area contributed by atoms with Gasteiger partial charge < -0.3 is 0 Å². The molecule has 198 valence electrons. The summed E-state index contributed by atoms with van der Waals surface area (Å²) >= 11 is 1.48. The lowest BCUT2D eigenvalue weighted by Crippen LogP contribution is -2.31. The molecule has 0 radical (unpaired) electrons. The van der Waals surface area contributed by atoms with Gasteiger partial charge in [-0.25, -0.2) is 13.4 Å². The lowest BCUT2D eigenvalue weighted by atomic mass is 10.1. The van der Waals surface area contributed by atoms with E-state index >= 15 is 0 Å². The molecule has 0 atom stereocenters. The van der Waals surface area contributed by atoms with E-state index in [4.69, 9.17) is 4.98 Å². The summed E-state index contributed by atoms with van der Waals surface area (Å²) in [5, 5.41) is 0.602. The minimum Gasteiger partial charge on any atom is -0.279 e. The molecule has 0 bridgehead atoms. The third kappa shape index (κ3) is 5.57. The van der Waals surface area contributed by atoms with E-state index in [1.807, 2.05) is 54.6 Å². The van der Waals surface area contributed by atoms with Gasteiger partial charge in [-0.2, -0.15) is 0 Å². The molecule has 0 saturated carbocycles. The highest BCUT2D eigenvalue weighted by Gasteiger charge is 2.26. The summed E-state index contributed by atoms with van der Waals surface area (Å²) in [5.41, 5.74) is 4.02. The van der Waals surface area contributed by atoms with Crippen molar-refractivity contribution in [2.75, 3.05) is 15.7 Å². The van der Waals surface area contributed by atoms with Crippen molar-refractivity contribution in [2.45, 2.75) is 31.7 Å². The average molecular weight is 556 g/mol. The van der Waals surface area contributed by atoms with Crippen LogP contribution in [0.1, 0.15) is 35.3 Å². The van der Waals surface area contributed by atoms with E-state index in [-0.39, 0.29) is 17.3 Å². The number of nitrogens with zero attached hydrogens (tertiary/aromatic N) is 3. The first kappa shape index (κ1) is 26.6. The minimum atomic E-state index is -3.79. The average Bonchev–Trinajstić information content (AvgIpc) is 3.40. The van der Waals surface area contributed by atoms with Gasteiger partial charge >= 0.3 is 0 Å². The third-order valence-corrected chi connectivity index (χ3v) is 9.49. The predicted molar refractivity (Wildman–Crippen MR) is 159 cm³/mol. The lowest BCUT2D eigenvalue weighted by molar-refractivity contribution is 0.0985. The smallest absolute Gasteiger partial charge is 0.264 e. The Kier molecular flexibility index (Phi) is 7.77. The van der Waals surface area contributed by atoms with Crippen molar-refractivity contribution in [1.29, 1.82) is 0 Å². The molecule has 0 aliphatic rings. The molecule has 1 aromatic heterocycles. The predicted octanol–water partition coefficient (Wildman–Crippen LogP) is 6.92. The maximum atomic E-state index is 13.9. The Hall–Kier alpha value is -4.01. The fourth-order valence-corrected chi connectivity index (χ4v) is 6.92. The molecule has 0 saturated heterocycles. The molecular formula is C31H29N3O3S2. The normalized spacial score (nSPS) is 11.4. The molecular weight excluding hydrogens is 526 g/mol. The number of hydrogen-bond donors (Lipinski definition) is 0. The van der Waals surface area contributed by atoms with E-state index in [0.29, 0.717) is 22.9 Å². The summed E-state index contributed by atoms with van der Waals surface area (Å²) in [4.78, 5) is 20.4.